The molecule has 0 amide bonds. The Hall–Kier alpha value is -1.75. The zero-order valence-corrected chi connectivity index (χ0v) is 11.4. The third-order valence-corrected chi connectivity index (χ3v) is 4.09. The standard InChI is InChI=1S/C14H20N4O/c1-9(10-5-6-16-8-10)18(2)14-17-12-7-11(15)3-4-13(12)19-14/h3-4,7,9-10,16H,5-6,8,15H2,1-2H3. The van der Waals surface area contributed by atoms with Crippen LogP contribution >= 0.6 is 0 Å². The molecule has 102 valence electrons. The Kier molecular flexibility index (Phi) is 3.06. The van der Waals surface area contributed by atoms with Gasteiger partial charge in [0.1, 0.15) is 5.52 Å². The Balaban J connectivity index is 1.86. The van der Waals surface area contributed by atoms with Gasteiger partial charge in [0.05, 0.1) is 0 Å². The van der Waals surface area contributed by atoms with Gasteiger partial charge in [-0.1, -0.05) is 0 Å². The van der Waals surface area contributed by atoms with Crippen LogP contribution in [0.5, 0.6) is 0 Å². The summed E-state index contributed by atoms with van der Waals surface area (Å²) >= 11 is 0. The highest BCUT2D eigenvalue weighted by Gasteiger charge is 2.26. The molecule has 0 spiro atoms. The number of fused-ring (bicyclic) bond motifs is 1. The van der Waals surface area contributed by atoms with E-state index in [-0.39, 0.29) is 0 Å². The smallest absolute Gasteiger partial charge is 0.298 e. The van der Waals surface area contributed by atoms with Gasteiger partial charge in [0, 0.05) is 18.8 Å². The molecule has 1 aromatic carbocycles. The molecule has 1 saturated heterocycles. The van der Waals surface area contributed by atoms with E-state index in [1.54, 1.807) is 0 Å². The van der Waals surface area contributed by atoms with Crippen molar-refractivity contribution < 1.29 is 4.42 Å². The van der Waals surface area contributed by atoms with Crippen LogP contribution < -0.4 is 16.0 Å². The predicted octanol–water partition coefficient (Wildman–Crippen LogP) is 1.84. The highest BCUT2D eigenvalue weighted by molar-refractivity contribution is 5.78. The highest BCUT2D eigenvalue weighted by atomic mass is 16.4. The van der Waals surface area contributed by atoms with Gasteiger partial charge < -0.3 is 20.4 Å². The summed E-state index contributed by atoms with van der Waals surface area (Å²) in [4.78, 5) is 6.64. The summed E-state index contributed by atoms with van der Waals surface area (Å²) in [5.41, 5.74) is 8.08. The average molecular weight is 260 g/mol. The van der Waals surface area contributed by atoms with E-state index < -0.39 is 0 Å². The first kappa shape index (κ1) is 12.3. The molecular formula is C14H20N4O. The van der Waals surface area contributed by atoms with Crippen LogP contribution in [0.1, 0.15) is 13.3 Å². The van der Waals surface area contributed by atoms with E-state index in [0.29, 0.717) is 23.7 Å². The van der Waals surface area contributed by atoms with Crippen molar-refractivity contribution in [3.63, 3.8) is 0 Å². The van der Waals surface area contributed by atoms with E-state index in [1.165, 1.54) is 6.42 Å². The molecule has 3 rings (SSSR count). The molecular weight excluding hydrogens is 240 g/mol. The molecule has 0 aliphatic carbocycles. The van der Waals surface area contributed by atoms with Crippen LogP contribution in [0, 0.1) is 5.92 Å². The minimum absolute atomic E-state index is 0.403. The maximum atomic E-state index is 5.80. The van der Waals surface area contributed by atoms with Gasteiger partial charge in [-0.05, 0) is 50.6 Å². The third-order valence-electron chi connectivity index (χ3n) is 4.09. The number of anilines is 2. The highest BCUT2D eigenvalue weighted by Crippen LogP contribution is 2.26. The molecule has 0 radical (unpaired) electrons. The molecule has 5 nitrogen and oxygen atoms in total. The van der Waals surface area contributed by atoms with Gasteiger partial charge in [-0.2, -0.15) is 4.98 Å². The first-order valence-corrected chi connectivity index (χ1v) is 6.75. The van der Waals surface area contributed by atoms with Gasteiger partial charge in [-0.25, -0.2) is 0 Å². The van der Waals surface area contributed by atoms with Crippen LogP contribution in [-0.2, 0) is 0 Å². The predicted molar refractivity (Wildman–Crippen MR) is 77.3 cm³/mol. The lowest BCUT2D eigenvalue weighted by molar-refractivity contribution is 0.438. The Morgan fingerprint density at radius 1 is 1.53 bits per heavy atom. The molecule has 2 unspecified atom stereocenters. The first-order chi connectivity index (χ1) is 9.15. The number of benzene rings is 1. The molecule has 3 N–H and O–H groups in total. The summed E-state index contributed by atoms with van der Waals surface area (Å²) < 4.78 is 5.80. The Bertz CT molecular complexity index is 574. The monoisotopic (exact) mass is 260 g/mol. The molecule has 19 heavy (non-hydrogen) atoms. The van der Waals surface area contributed by atoms with E-state index in [9.17, 15) is 0 Å². The summed E-state index contributed by atoms with van der Waals surface area (Å²) in [6, 6.07) is 6.62. The van der Waals surface area contributed by atoms with Crippen LogP contribution in [0.15, 0.2) is 22.6 Å². The molecule has 1 fully saturated rings. The van der Waals surface area contributed by atoms with Crippen molar-refractivity contribution in [1.82, 2.24) is 10.3 Å². The van der Waals surface area contributed by atoms with E-state index in [4.69, 9.17) is 10.2 Å². The number of nitrogens with zero attached hydrogens (tertiary/aromatic N) is 2. The fourth-order valence-electron chi connectivity index (χ4n) is 2.66. The number of hydrogen-bond acceptors (Lipinski definition) is 5. The molecule has 5 heteroatoms. The second-order valence-electron chi connectivity index (χ2n) is 5.33. The van der Waals surface area contributed by atoms with Crippen LogP contribution in [0.2, 0.25) is 0 Å². The van der Waals surface area contributed by atoms with Gasteiger partial charge in [0.2, 0.25) is 0 Å². The minimum atomic E-state index is 0.403. The van der Waals surface area contributed by atoms with Crippen LogP contribution in [0.4, 0.5) is 11.7 Å². The number of oxazole rings is 1. The molecule has 2 atom stereocenters. The van der Waals surface area contributed by atoms with Gasteiger partial charge in [-0.15, -0.1) is 0 Å². The van der Waals surface area contributed by atoms with Crippen LogP contribution in [-0.4, -0.2) is 31.2 Å². The van der Waals surface area contributed by atoms with Crippen molar-refractivity contribution >= 4 is 22.8 Å². The summed E-state index contributed by atoms with van der Waals surface area (Å²) in [5.74, 6) is 0.644. The van der Waals surface area contributed by atoms with Crippen molar-refractivity contribution in [3.05, 3.63) is 18.2 Å². The maximum absolute atomic E-state index is 5.80. The molecule has 2 heterocycles. The first-order valence-electron chi connectivity index (χ1n) is 6.75. The SMILES string of the molecule is CC(C1CCNC1)N(C)c1nc2cc(N)ccc2o1. The lowest BCUT2D eigenvalue weighted by atomic mass is 10.00. The molecule has 1 aliphatic heterocycles. The minimum Gasteiger partial charge on any atom is -0.423 e. The van der Waals surface area contributed by atoms with E-state index in [0.717, 1.165) is 24.2 Å². The fourth-order valence-corrected chi connectivity index (χ4v) is 2.66. The van der Waals surface area contributed by atoms with Crippen molar-refractivity contribution in [2.75, 3.05) is 30.8 Å². The second kappa shape index (κ2) is 4.74. The van der Waals surface area contributed by atoms with Crippen molar-refractivity contribution in [1.29, 1.82) is 0 Å². The Labute approximate surface area is 112 Å². The maximum Gasteiger partial charge on any atom is 0.298 e. The lowest BCUT2D eigenvalue weighted by Gasteiger charge is -2.27. The third kappa shape index (κ3) is 2.26. The van der Waals surface area contributed by atoms with Crippen LogP contribution in [0.25, 0.3) is 11.1 Å². The van der Waals surface area contributed by atoms with Crippen molar-refractivity contribution in [2.45, 2.75) is 19.4 Å². The van der Waals surface area contributed by atoms with E-state index in [2.05, 4.69) is 22.1 Å². The zero-order valence-electron chi connectivity index (χ0n) is 11.4. The van der Waals surface area contributed by atoms with Gasteiger partial charge in [0.15, 0.2) is 5.58 Å². The van der Waals surface area contributed by atoms with Crippen molar-refractivity contribution in [2.24, 2.45) is 5.92 Å². The molecule has 0 saturated carbocycles. The topological polar surface area (TPSA) is 67.3 Å². The Morgan fingerprint density at radius 2 is 2.37 bits per heavy atom. The van der Waals surface area contributed by atoms with Gasteiger partial charge in [0.25, 0.3) is 6.01 Å². The van der Waals surface area contributed by atoms with Gasteiger partial charge >= 0.3 is 0 Å². The van der Waals surface area contributed by atoms with Crippen LogP contribution in [0.3, 0.4) is 0 Å². The quantitative estimate of drug-likeness (QED) is 0.824. The molecule has 1 aliphatic rings. The number of nitrogen functional groups attached to an aromatic ring is 1. The summed E-state index contributed by atoms with van der Waals surface area (Å²) in [6.45, 7) is 4.40. The number of nitrogens with one attached hydrogen (secondary N) is 1. The fraction of sp³-hybridized carbons (Fsp3) is 0.500. The average Bonchev–Trinajstić information content (AvgIpc) is 3.05. The Morgan fingerprint density at radius 3 is 3.11 bits per heavy atom. The largest absolute Gasteiger partial charge is 0.423 e. The summed E-state index contributed by atoms with van der Waals surface area (Å²) in [6.07, 6.45) is 1.21. The van der Waals surface area contributed by atoms with E-state index in [1.807, 2.05) is 25.2 Å². The molecule has 2 aromatic rings. The number of nitrogens with two attached hydrogens (primary N) is 1. The van der Waals surface area contributed by atoms with E-state index >= 15 is 0 Å². The summed E-state index contributed by atoms with van der Waals surface area (Å²) in [5, 5.41) is 3.40. The zero-order chi connectivity index (χ0) is 13.4. The number of rotatable bonds is 3. The lowest BCUT2D eigenvalue weighted by Crippen LogP contribution is -2.36. The number of hydrogen-bond donors (Lipinski definition) is 2. The molecule has 1 aromatic heterocycles. The molecule has 0 bridgehead atoms. The number of aromatic nitrogens is 1. The normalized spacial score (nSPS) is 20.8. The van der Waals surface area contributed by atoms with Crippen molar-refractivity contribution in [3.8, 4) is 0 Å². The summed E-state index contributed by atoms with van der Waals surface area (Å²) in [7, 11) is 2.04. The van der Waals surface area contributed by atoms with Gasteiger partial charge in [-0.3, -0.25) is 0 Å². The second-order valence-corrected chi connectivity index (χ2v) is 5.33.